The molecule has 0 heterocycles. The molecule has 1 rings (SSSR count). The topological polar surface area (TPSA) is 55.6 Å². The van der Waals surface area contributed by atoms with Gasteiger partial charge in [-0.3, -0.25) is 4.79 Å². The summed E-state index contributed by atoms with van der Waals surface area (Å²) in [6.07, 6.45) is 0. The fourth-order valence-electron chi connectivity index (χ4n) is 1.77. The monoisotopic (exact) mass is 250 g/mol. The standard InChI is InChI=1S/C14H22N2O2/c1-14(2,3)11-8-10(6-7-12(11)18-5)16(4)13(17)9-15/h6-8H,9,15H2,1-5H3. The van der Waals surface area contributed by atoms with E-state index >= 15 is 0 Å². The van der Waals surface area contributed by atoms with Crippen molar-refractivity contribution in [2.45, 2.75) is 26.2 Å². The van der Waals surface area contributed by atoms with Gasteiger partial charge in [0.1, 0.15) is 5.75 Å². The molecule has 0 radical (unpaired) electrons. The Bertz CT molecular complexity index is 436. The third kappa shape index (κ3) is 3.01. The minimum atomic E-state index is -0.111. The van der Waals surface area contributed by atoms with Gasteiger partial charge in [-0.25, -0.2) is 0 Å². The Labute approximate surface area is 109 Å². The van der Waals surface area contributed by atoms with Crippen molar-refractivity contribution in [1.82, 2.24) is 0 Å². The number of nitrogens with zero attached hydrogens (tertiary/aromatic N) is 1. The average Bonchev–Trinajstić information content (AvgIpc) is 2.35. The molecule has 0 atom stereocenters. The van der Waals surface area contributed by atoms with Gasteiger partial charge in [0.2, 0.25) is 5.91 Å². The first-order chi connectivity index (χ1) is 8.31. The van der Waals surface area contributed by atoms with Crippen molar-refractivity contribution in [2.24, 2.45) is 5.73 Å². The second-order valence-electron chi connectivity index (χ2n) is 5.29. The number of amides is 1. The van der Waals surface area contributed by atoms with E-state index in [0.29, 0.717) is 0 Å². The van der Waals surface area contributed by atoms with Crippen LogP contribution in [0.5, 0.6) is 5.75 Å². The largest absolute Gasteiger partial charge is 0.496 e. The van der Waals surface area contributed by atoms with E-state index in [1.165, 1.54) is 0 Å². The number of likely N-dealkylation sites (N-methyl/N-ethyl adjacent to an activating group) is 1. The molecule has 0 aliphatic heterocycles. The molecule has 2 N–H and O–H groups in total. The number of hydrogen-bond acceptors (Lipinski definition) is 3. The van der Waals surface area contributed by atoms with E-state index in [1.807, 2.05) is 18.2 Å². The van der Waals surface area contributed by atoms with Crippen molar-refractivity contribution in [1.29, 1.82) is 0 Å². The van der Waals surface area contributed by atoms with E-state index in [9.17, 15) is 4.79 Å². The normalized spacial score (nSPS) is 11.2. The Kier molecular flexibility index (Phi) is 4.35. The number of nitrogens with two attached hydrogens (primary N) is 1. The molecule has 0 saturated heterocycles. The predicted molar refractivity (Wildman–Crippen MR) is 74.2 cm³/mol. The average molecular weight is 250 g/mol. The zero-order valence-electron chi connectivity index (χ0n) is 11.8. The van der Waals surface area contributed by atoms with E-state index in [2.05, 4.69) is 20.8 Å². The second-order valence-corrected chi connectivity index (χ2v) is 5.29. The van der Waals surface area contributed by atoms with E-state index in [0.717, 1.165) is 17.0 Å². The van der Waals surface area contributed by atoms with Crippen LogP contribution in [0.3, 0.4) is 0 Å². The molecule has 1 amide bonds. The lowest BCUT2D eigenvalue weighted by molar-refractivity contribution is -0.117. The van der Waals surface area contributed by atoms with E-state index < -0.39 is 0 Å². The molecule has 100 valence electrons. The predicted octanol–water partition coefficient (Wildman–Crippen LogP) is 1.91. The molecule has 1 aromatic carbocycles. The lowest BCUT2D eigenvalue weighted by Crippen LogP contribution is -2.32. The second kappa shape index (κ2) is 5.40. The molecule has 0 aliphatic rings. The minimum Gasteiger partial charge on any atom is -0.496 e. The van der Waals surface area contributed by atoms with Gasteiger partial charge in [-0.05, 0) is 23.6 Å². The van der Waals surface area contributed by atoms with Gasteiger partial charge in [-0.2, -0.15) is 0 Å². The Morgan fingerprint density at radius 2 is 2.00 bits per heavy atom. The summed E-state index contributed by atoms with van der Waals surface area (Å²) in [6, 6.07) is 5.73. The van der Waals surface area contributed by atoms with Crippen LogP contribution < -0.4 is 15.4 Å². The van der Waals surface area contributed by atoms with E-state index in [4.69, 9.17) is 10.5 Å². The van der Waals surface area contributed by atoms with Gasteiger partial charge < -0.3 is 15.4 Å². The Balaban J connectivity index is 3.23. The van der Waals surface area contributed by atoms with E-state index in [-0.39, 0.29) is 17.9 Å². The van der Waals surface area contributed by atoms with Crippen LogP contribution in [0.1, 0.15) is 26.3 Å². The molecule has 0 aromatic heterocycles. The highest BCUT2D eigenvalue weighted by atomic mass is 16.5. The molecule has 0 bridgehead atoms. The lowest BCUT2D eigenvalue weighted by atomic mass is 9.86. The summed E-state index contributed by atoms with van der Waals surface area (Å²) in [4.78, 5) is 13.2. The van der Waals surface area contributed by atoms with Gasteiger partial charge >= 0.3 is 0 Å². The van der Waals surface area contributed by atoms with Gasteiger partial charge in [0, 0.05) is 18.3 Å². The number of hydrogen-bond donors (Lipinski definition) is 1. The first-order valence-electron chi connectivity index (χ1n) is 5.96. The molecular formula is C14H22N2O2. The zero-order valence-corrected chi connectivity index (χ0v) is 11.8. The summed E-state index contributed by atoms with van der Waals surface area (Å²) < 4.78 is 5.37. The van der Waals surface area contributed by atoms with Crippen molar-refractivity contribution in [2.75, 3.05) is 25.6 Å². The molecule has 0 saturated carbocycles. The number of carbonyl (C=O) groups is 1. The summed E-state index contributed by atoms with van der Waals surface area (Å²) in [5.74, 6) is 0.722. The number of carbonyl (C=O) groups excluding carboxylic acids is 1. The van der Waals surface area contributed by atoms with Gasteiger partial charge in [0.15, 0.2) is 0 Å². The fourth-order valence-corrected chi connectivity index (χ4v) is 1.77. The summed E-state index contributed by atoms with van der Waals surface area (Å²) in [5, 5.41) is 0. The van der Waals surface area contributed by atoms with Crippen molar-refractivity contribution in [3.8, 4) is 5.75 Å². The SMILES string of the molecule is COc1ccc(N(C)C(=O)CN)cc1C(C)(C)C. The third-order valence-electron chi connectivity index (χ3n) is 2.93. The molecule has 4 heteroatoms. The maximum absolute atomic E-state index is 11.6. The van der Waals surface area contributed by atoms with Crippen molar-refractivity contribution < 1.29 is 9.53 Å². The molecule has 0 spiro atoms. The summed E-state index contributed by atoms with van der Waals surface area (Å²) in [7, 11) is 3.38. The molecule has 0 fully saturated rings. The van der Waals surface area contributed by atoms with Gasteiger partial charge in [-0.1, -0.05) is 20.8 Å². The fraction of sp³-hybridized carbons (Fsp3) is 0.500. The van der Waals surface area contributed by atoms with Crippen LogP contribution in [0.25, 0.3) is 0 Å². The van der Waals surface area contributed by atoms with Crippen LogP contribution in [-0.4, -0.2) is 26.6 Å². The molecule has 4 nitrogen and oxygen atoms in total. The molecule has 1 aromatic rings. The molecule has 18 heavy (non-hydrogen) atoms. The smallest absolute Gasteiger partial charge is 0.240 e. The highest BCUT2D eigenvalue weighted by molar-refractivity contribution is 5.94. The number of rotatable bonds is 3. The van der Waals surface area contributed by atoms with Gasteiger partial charge in [-0.15, -0.1) is 0 Å². The Morgan fingerprint density at radius 1 is 1.39 bits per heavy atom. The number of anilines is 1. The molecule has 0 unspecified atom stereocenters. The van der Waals surface area contributed by atoms with Crippen molar-refractivity contribution in [3.63, 3.8) is 0 Å². The Morgan fingerprint density at radius 3 is 2.44 bits per heavy atom. The van der Waals surface area contributed by atoms with Gasteiger partial charge in [0.05, 0.1) is 13.7 Å². The van der Waals surface area contributed by atoms with Crippen molar-refractivity contribution in [3.05, 3.63) is 23.8 Å². The first-order valence-corrected chi connectivity index (χ1v) is 5.96. The van der Waals surface area contributed by atoms with E-state index in [1.54, 1.807) is 19.1 Å². The quantitative estimate of drug-likeness (QED) is 0.891. The summed E-state index contributed by atoms with van der Waals surface area (Å²) in [5.41, 5.74) is 7.23. The number of ether oxygens (including phenoxy) is 1. The van der Waals surface area contributed by atoms with Crippen molar-refractivity contribution >= 4 is 11.6 Å². The lowest BCUT2D eigenvalue weighted by Gasteiger charge is -2.25. The minimum absolute atomic E-state index is 0.00732. The van der Waals surface area contributed by atoms with Crippen LogP contribution in [0.2, 0.25) is 0 Å². The number of methoxy groups -OCH3 is 1. The summed E-state index contributed by atoms with van der Waals surface area (Å²) in [6.45, 7) is 6.34. The molecular weight excluding hydrogens is 228 g/mol. The molecule has 0 aliphatic carbocycles. The van der Waals surface area contributed by atoms with Gasteiger partial charge in [0.25, 0.3) is 0 Å². The van der Waals surface area contributed by atoms with Crippen LogP contribution >= 0.6 is 0 Å². The number of benzene rings is 1. The van der Waals surface area contributed by atoms with Crippen LogP contribution in [0.4, 0.5) is 5.69 Å². The van der Waals surface area contributed by atoms with Crippen LogP contribution in [0.15, 0.2) is 18.2 Å². The summed E-state index contributed by atoms with van der Waals surface area (Å²) >= 11 is 0. The highest BCUT2D eigenvalue weighted by Gasteiger charge is 2.20. The highest BCUT2D eigenvalue weighted by Crippen LogP contribution is 2.34. The third-order valence-corrected chi connectivity index (χ3v) is 2.93. The maximum Gasteiger partial charge on any atom is 0.240 e. The van der Waals surface area contributed by atoms with Crippen LogP contribution in [0, 0.1) is 0 Å². The zero-order chi connectivity index (χ0) is 13.9. The van der Waals surface area contributed by atoms with Crippen LogP contribution in [-0.2, 0) is 10.2 Å². The maximum atomic E-state index is 11.6. The first kappa shape index (κ1) is 14.5. The Hall–Kier alpha value is -1.55.